The van der Waals surface area contributed by atoms with Crippen LogP contribution in [0.4, 0.5) is 15.8 Å². The highest BCUT2D eigenvalue weighted by molar-refractivity contribution is 6.34. The lowest BCUT2D eigenvalue weighted by atomic mass is 10.2. The lowest BCUT2D eigenvalue weighted by Crippen LogP contribution is -2.12. The summed E-state index contributed by atoms with van der Waals surface area (Å²) in [5.41, 5.74) is 5.78. The number of nitrogens with one attached hydrogen (secondary N) is 1. The number of phenols is 1. The summed E-state index contributed by atoms with van der Waals surface area (Å²) in [6.45, 7) is 0. The molecule has 0 saturated heterocycles. The summed E-state index contributed by atoms with van der Waals surface area (Å²) >= 11 is 5.86. The van der Waals surface area contributed by atoms with Crippen LogP contribution in [0.25, 0.3) is 0 Å². The van der Waals surface area contributed by atoms with Gasteiger partial charge in [0.1, 0.15) is 11.6 Å². The van der Waals surface area contributed by atoms with E-state index in [0.29, 0.717) is 5.69 Å². The fourth-order valence-corrected chi connectivity index (χ4v) is 1.71. The van der Waals surface area contributed by atoms with Crippen molar-refractivity contribution < 1.29 is 14.3 Å². The van der Waals surface area contributed by atoms with Crippen LogP contribution in [-0.2, 0) is 0 Å². The molecule has 0 fully saturated rings. The number of phenolic OH excluding ortho intramolecular Hbond substituents is 1. The first-order valence-corrected chi connectivity index (χ1v) is 5.70. The molecule has 2 aromatic rings. The topological polar surface area (TPSA) is 75.3 Å². The number of nitrogen functional groups attached to an aromatic ring is 1. The van der Waals surface area contributed by atoms with Crippen molar-refractivity contribution in [2.75, 3.05) is 11.1 Å². The maximum Gasteiger partial charge on any atom is 0.257 e. The van der Waals surface area contributed by atoms with Crippen molar-refractivity contribution in [2.24, 2.45) is 0 Å². The van der Waals surface area contributed by atoms with E-state index in [4.69, 9.17) is 17.3 Å². The summed E-state index contributed by atoms with van der Waals surface area (Å²) in [5.74, 6) is -1.16. The Morgan fingerprint density at radius 3 is 2.68 bits per heavy atom. The van der Waals surface area contributed by atoms with Gasteiger partial charge < -0.3 is 16.2 Å². The second kappa shape index (κ2) is 5.16. The van der Waals surface area contributed by atoms with Crippen molar-refractivity contribution >= 4 is 28.9 Å². The SMILES string of the molecule is Nc1cc(NC(=O)c2cc(O)ccc2Cl)ccc1F. The van der Waals surface area contributed by atoms with Gasteiger partial charge in [-0.25, -0.2) is 4.39 Å². The first-order chi connectivity index (χ1) is 8.97. The first kappa shape index (κ1) is 13.2. The van der Waals surface area contributed by atoms with Crippen LogP contribution < -0.4 is 11.1 Å². The van der Waals surface area contributed by atoms with E-state index in [-0.39, 0.29) is 22.0 Å². The lowest BCUT2D eigenvalue weighted by Gasteiger charge is -2.08. The summed E-state index contributed by atoms with van der Waals surface area (Å²) in [6, 6.07) is 7.84. The minimum Gasteiger partial charge on any atom is -0.508 e. The number of hydrogen-bond donors (Lipinski definition) is 3. The molecule has 0 unspecified atom stereocenters. The minimum absolute atomic E-state index is 0.0696. The van der Waals surface area contributed by atoms with Crippen LogP contribution in [0, 0.1) is 5.82 Å². The summed E-state index contributed by atoms with van der Waals surface area (Å²) in [5, 5.41) is 12.0. The highest BCUT2D eigenvalue weighted by Crippen LogP contribution is 2.23. The van der Waals surface area contributed by atoms with Gasteiger partial charge in [-0.1, -0.05) is 11.6 Å². The largest absolute Gasteiger partial charge is 0.508 e. The number of benzene rings is 2. The Labute approximate surface area is 113 Å². The van der Waals surface area contributed by atoms with Crippen LogP contribution in [0.2, 0.25) is 5.02 Å². The standard InChI is InChI=1S/C13H10ClFN2O2/c14-10-3-2-8(18)6-9(10)13(19)17-7-1-4-11(15)12(16)5-7/h1-6,18H,16H2,(H,17,19). The Morgan fingerprint density at radius 2 is 2.00 bits per heavy atom. The van der Waals surface area contributed by atoms with Crippen LogP contribution in [0.1, 0.15) is 10.4 Å². The molecule has 0 radical (unpaired) electrons. The average molecular weight is 281 g/mol. The number of carbonyl (C=O) groups is 1. The Kier molecular flexibility index (Phi) is 3.57. The molecule has 98 valence electrons. The third-order valence-electron chi connectivity index (χ3n) is 2.45. The number of nitrogens with two attached hydrogens (primary N) is 1. The summed E-state index contributed by atoms with van der Waals surface area (Å²) < 4.78 is 13.0. The fraction of sp³-hybridized carbons (Fsp3) is 0. The van der Waals surface area contributed by atoms with Gasteiger partial charge in [0.25, 0.3) is 5.91 Å². The highest BCUT2D eigenvalue weighted by atomic mass is 35.5. The zero-order chi connectivity index (χ0) is 14.0. The van der Waals surface area contributed by atoms with Gasteiger partial charge in [-0.15, -0.1) is 0 Å². The molecule has 1 amide bonds. The van der Waals surface area contributed by atoms with E-state index >= 15 is 0 Å². The average Bonchev–Trinajstić information content (AvgIpc) is 2.36. The molecule has 4 N–H and O–H groups in total. The first-order valence-electron chi connectivity index (χ1n) is 5.32. The Balaban J connectivity index is 2.25. The maximum atomic E-state index is 13.0. The van der Waals surface area contributed by atoms with Gasteiger partial charge in [0.05, 0.1) is 16.3 Å². The number of rotatable bonds is 2. The zero-order valence-corrected chi connectivity index (χ0v) is 10.4. The molecule has 4 nitrogen and oxygen atoms in total. The van der Waals surface area contributed by atoms with Crippen LogP contribution in [0.3, 0.4) is 0 Å². The van der Waals surface area contributed by atoms with Gasteiger partial charge in [-0.2, -0.15) is 0 Å². The number of aromatic hydroxyl groups is 1. The van der Waals surface area contributed by atoms with Gasteiger partial charge >= 0.3 is 0 Å². The quantitative estimate of drug-likeness (QED) is 0.740. The fourth-order valence-electron chi connectivity index (χ4n) is 1.51. The van der Waals surface area contributed by atoms with Crippen molar-refractivity contribution in [1.82, 2.24) is 0 Å². The minimum atomic E-state index is -0.562. The number of amides is 1. The zero-order valence-electron chi connectivity index (χ0n) is 9.65. The number of halogens is 2. The van der Waals surface area contributed by atoms with Crippen molar-refractivity contribution in [3.8, 4) is 5.75 Å². The van der Waals surface area contributed by atoms with Crippen LogP contribution in [0.15, 0.2) is 36.4 Å². The van der Waals surface area contributed by atoms with E-state index in [0.717, 1.165) is 6.07 Å². The second-order valence-electron chi connectivity index (χ2n) is 3.85. The van der Waals surface area contributed by atoms with Crippen LogP contribution >= 0.6 is 11.6 Å². The Bertz CT molecular complexity index is 647. The molecule has 0 bridgehead atoms. The Morgan fingerprint density at radius 1 is 1.26 bits per heavy atom. The van der Waals surface area contributed by atoms with E-state index in [9.17, 15) is 14.3 Å². The van der Waals surface area contributed by atoms with Gasteiger partial charge in [0, 0.05) is 5.69 Å². The van der Waals surface area contributed by atoms with Gasteiger partial charge in [0.2, 0.25) is 0 Å². The van der Waals surface area contributed by atoms with E-state index < -0.39 is 11.7 Å². The van der Waals surface area contributed by atoms with Crippen LogP contribution in [-0.4, -0.2) is 11.0 Å². The smallest absolute Gasteiger partial charge is 0.257 e. The van der Waals surface area contributed by atoms with E-state index in [1.54, 1.807) is 0 Å². The summed E-state index contributed by atoms with van der Waals surface area (Å²) in [7, 11) is 0. The maximum absolute atomic E-state index is 13.0. The molecule has 0 aliphatic rings. The summed E-state index contributed by atoms with van der Waals surface area (Å²) in [6.07, 6.45) is 0. The predicted molar refractivity (Wildman–Crippen MR) is 71.9 cm³/mol. The van der Waals surface area contributed by atoms with Crippen molar-refractivity contribution in [2.45, 2.75) is 0 Å². The molecule has 19 heavy (non-hydrogen) atoms. The molecule has 0 atom stereocenters. The summed E-state index contributed by atoms with van der Waals surface area (Å²) in [4.78, 5) is 11.9. The predicted octanol–water partition coefficient (Wildman–Crippen LogP) is 3.02. The normalized spacial score (nSPS) is 10.2. The van der Waals surface area contributed by atoms with Crippen LogP contribution in [0.5, 0.6) is 5.75 Å². The third-order valence-corrected chi connectivity index (χ3v) is 2.78. The number of hydrogen-bond acceptors (Lipinski definition) is 3. The van der Waals surface area contributed by atoms with Crippen molar-refractivity contribution in [3.05, 3.63) is 52.8 Å². The van der Waals surface area contributed by atoms with Crippen molar-refractivity contribution in [3.63, 3.8) is 0 Å². The number of carbonyl (C=O) groups excluding carboxylic acids is 1. The highest BCUT2D eigenvalue weighted by Gasteiger charge is 2.12. The molecule has 0 aliphatic carbocycles. The van der Waals surface area contributed by atoms with Gasteiger partial charge in [-0.3, -0.25) is 4.79 Å². The molecular formula is C13H10ClFN2O2. The Hall–Kier alpha value is -2.27. The molecule has 0 spiro atoms. The van der Waals surface area contributed by atoms with E-state index in [1.807, 2.05) is 0 Å². The molecule has 6 heteroatoms. The molecule has 2 rings (SSSR count). The third kappa shape index (κ3) is 2.95. The molecule has 0 heterocycles. The lowest BCUT2D eigenvalue weighted by molar-refractivity contribution is 0.102. The van der Waals surface area contributed by atoms with Crippen molar-refractivity contribution in [1.29, 1.82) is 0 Å². The molecule has 0 aliphatic heterocycles. The monoisotopic (exact) mass is 280 g/mol. The molecular weight excluding hydrogens is 271 g/mol. The molecule has 0 aromatic heterocycles. The molecule has 2 aromatic carbocycles. The van der Waals surface area contributed by atoms with E-state index in [2.05, 4.69) is 5.32 Å². The van der Waals surface area contributed by atoms with Gasteiger partial charge in [-0.05, 0) is 36.4 Å². The van der Waals surface area contributed by atoms with Gasteiger partial charge in [0.15, 0.2) is 0 Å². The van der Waals surface area contributed by atoms with E-state index in [1.165, 1.54) is 30.3 Å². The molecule has 0 saturated carbocycles. The second-order valence-corrected chi connectivity index (χ2v) is 4.26. The number of anilines is 2.